The molecule has 1 aromatic carbocycles. The van der Waals surface area contributed by atoms with Gasteiger partial charge in [-0.1, -0.05) is 114 Å². The fourth-order valence-corrected chi connectivity index (χ4v) is 4.36. The lowest BCUT2D eigenvalue weighted by atomic mass is 10.0. The van der Waals surface area contributed by atoms with E-state index >= 15 is 0 Å². The van der Waals surface area contributed by atoms with Gasteiger partial charge in [-0.15, -0.1) is 11.3 Å². The fourth-order valence-electron chi connectivity index (χ4n) is 3.51. The maximum Gasteiger partial charge on any atom is 0.137 e. The summed E-state index contributed by atoms with van der Waals surface area (Å²) < 4.78 is 6.04. The van der Waals surface area contributed by atoms with Crippen LogP contribution in [0.5, 0.6) is 5.75 Å². The molecule has 2 rings (SSSR count). The van der Waals surface area contributed by atoms with Crippen molar-refractivity contribution in [3.63, 3.8) is 0 Å². The number of ether oxygens (including phenoxy) is 1. The molecule has 0 atom stereocenters. The molecule has 2 heteroatoms. The van der Waals surface area contributed by atoms with E-state index in [2.05, 4.69) is 48.7 Å². The van der Waals surface area contributed by atoms with Gasteiger partial charge in [-0.2, -0.15) is 0 Å². The third kappa shape index (κ3) is 9.46. The lowest BCUT2D eigenvalue weighted by Gasteiger charge is -2.07. The maximum absolute atomic E-state index is 6.04. The van der Waals surface area contributed by atoms with Gasteiger partial charge in [0.25, 0.3) is 0 Å². The van der Waals surface area contributed by atoms with Crippen molar-refractivity contribution < 1.29 is 4.74 Å². The van der Waals surface area contributed by atoms with Crippen LogP contribution in [0.15, 0.2) is 41.8 Å². The summed E-state index contributed by atoms with van der Waals surface area (Å²) in [6.45, 7) is 3.13. The summed E-state index contributed by atoms with van der Waals surface area (Å²) in [5.74, 6) is 1.05. The lowest BCUT2D eigenvalue weighted by Crippen LogP contribution is -1.97. The predicted octanol–water partition coefficient (Wildman–Crippen LogP) is 8.89. The van der Waals surface area contributed by atoms with Crippen LogP contribution in [-0.4, -0.2) is 6.61 Å². The number of hydrogen-bond donors (Lipinski definition) is 0. The second kappa shape index (κ2) is 14.7. The minimum absolute atomic E-state index is 0.842. The largest absolute Gasteiger partial charge is 0.492 e. The Morgan fingerprint density at radius 2 is 1.22 bits per heavy atom. The summed E-state index contributed by atoms with van der Waals surface area (Å²) in [5, 5.41) is 2.13. The molecule has 0 aliphatic carbocycles. The first-order valence-corrected chi connectivity index (χ1v) is 12.1. The molecule has 0 saturated heterocycles. The van der Waals surface area contributed by atoms with E-state index in [1.807, 2.05) is 0 Å². The van der Waals surface area contributed by atoms with E-state index in [4.69, 9.17) is 4.74 Å². The molecule has 27 heavy (non-hydrogen) atoms. The topological polar surface area (TPSA) is 9.23 Å². The molecule has 150 valence electrons. The van der Waals surface area contributed by atoms with Crippen molar-refractivity contribution in [2.45, 2.75) is 90.4 Å². The van der Waals surface area contributed by atoms with E-state index < -0.39 is 0 Å². The highest BCUT2D eigenvalue weighted by molar-refractivity contribution is 7.14. The van der Waals surface area contributed by atoms with Crippen LogP contribution >= 0.6 is 11.3 Å². The Morgan fingerprint density at radius 1 is 0.667 bits per heavy atom. The van der Waals surface area contributed by atoms with E-state index in [9.17, 15) is 0 Å². The highest BCUT2D eigenvalue weighted by atomic mass is 32.1. The molecule has 0 aliphatic heterocycles. The van der Waals surface area contributed by atoms with Crippen LogP contribution in [-0.2, 0) is 0 Å². The van der Waals surface area contributed by atoms with Gasteiger partial charge < -0.3 is 4.74 Å². The summed E-state index contributed by atoms with van der Waals surface area (Å²) in [6, 6.07) is 12.7. The van der Waals surface area contributed by atoms with Crippen LogP contribution in [0.2, 0.25) is 0 Å². The van der Waals surface area contributed by atoms with Gasteiger partial charge in [0.05, 0.1) is 11.5 Å². The fraction of sp³-hybridized carbons (Fsp3) is 0.600. The van der Waals surface area contributed by atoms with Crippen LogP contribution in [0.25, 0.3) is 10.4 Å². The lowest BCUT2D eigenvalue weighted by molar-refractivity contribution is 0.306. The smallest absolute Gasteiger partial charge is 0.137 e. The zero-order valence-electron chi connectivity index (χ0n) is 17.3. The molecule has 1 aromatic heterocycles. The first-order valence-electron chi connectivity index (χ1n) is 11.2. The maximum atomic E-state index is 6.04. The third-order valence-electron chi connectivity index (χ3n) is 5.17. The molecule has 0 N–H and O–H groups in total. The third-order valence-corrected chi connectivity index (χ3v) is 6.12. The van der Waals surface area contributed by atoms with Crippen molar-refractivity contribution >= 4 is 11.3 Å². The summed E-state index contributed by atoms with van der Waals surface area (Å²) in [4.78, 5) is 1.25. The average Bonchev–Trinajstić information content (AvgIpc) is 3.17. The first kappa shape index (κ1) is 22.0. The quantitative estimate of drug-likeness (QED) is 0.262. The van der Waals surface area contributed by atoms with Crippen molar-refractivity contribution in [1.82, 2.24) is 0 Å². The van der Waals surface area contributed by atoms with Crippen LogP contribution in [0.3, 0.4) is 0 Å². The molecule has 0 amide bonds. The molecule has 1 nitrogen and oxygen atoms in total. The summed E-state index contributed by atoms with van der Waals surface area (Å²) >= 11 is 1.76. The van der Waals surface area contributed by atoms with Gasteiger partial charge in [0.15, 0.2) is 0 Å². The molecule has 0 spiro atoms. The second-order valence-electron chi connectivity index (χ2n) is 7.57. The van der Waals surface area contributed by atoms with Crippen molar-refractivity contribution in [3.05, 3.63) is 41.8 Å². The minimum Gasteiger partial charge on any atom is -0.492 e. The number of unbranched alkanes of at least 4 members (excludes halogenated alkanes) is 12. The number of thiophene rings is 1. The van der Waals surface area contributed by atoms with E-state index in [1.165, 1.54) is 93.9 Å². The van der Waals surface area contributed by atoms with Gasteiger partial charge in [-0.05, 0) is 23.4 Å². The van der Waals surface area contributed by atoms with E-state index in [0.717, 1.165) is 12.4 Å². The van der Waals surface area contributed by atoms with Crippen molar-refractivity contribution in [3.8, 4) is 16.2 Å². The molecule has 0 radical (unpaired) electrons. The highest BCUT2D eigenvalue weighted by Crippen LogP contribution is 2.35. The number of rotatable bonds is 16. The summed E-state index contributed by atoms with van der Waals surface area (Å²) in [7, 11) is 0. The van der Waals surface area contributed by atoms with Crippen LogP contribution in [0.1, 0.15) is 90.4 Å². The van der Waals surface area contributed by atoms with Crippen molar-refractivity contribution in [1.29, 1.82) is 0 Å². The molecular formula is C25H38OS. The Morgan fingerprint density at radius 3 is 1.81 bits per heavy atom. The SMILES string of the molecule is CCCCCCCCCCCCCCCOc1ccsc1-c1ccccc1. The predicted molar refractivity (Wildman–Crippen MR) is 121 cm³/mol. The molecule has 0 fully saturated rings. The summed E-state index contributed by atoms with van der Waals surface area (Å²) in [5.41, 5.74) is 1.26. The normalized spacial score (nSPS) is 11.0. The van der Waals surface area contributed by atoms with Gasteiger partial charge in [0, 0.05) is 0 Å². The van der Waals surface area contributed by atoms with Gasteiger partial charge in [0.2, 0.25) is 0 Å². The molecule has 2 aromatic rings. The standard InChI is InChI=1S/C25H38OS/c1-2-3-4-5-6-7-8-9-10-11-12-13-17-21-26-24-20-22-27-25(24)23-18-15-14-16-19-23/h14-16,18-20,22H,2-13,17,21H2,1H3. The van der Waals surface area contributed by atoms with E-state index in [-0.39, 0.29) is 0 Å². The number of hydrogen-bond acceptors (Lipinski definition) is 2. The van der Waals surface area contributed by atoms with Gasteiger partial charge >= 0.3 is 0 Å². The van der Waals surface area contributed by atoms with Crippen molar-refractivity contribution in [2.75, 3.05) is 6.61 Å². The van der Waals surface area contributed by atoms with Gasteiger partial charge in [0.1, 0.15) is 5.75 Å². The Kier molecular flexibility index (Phi) is 12.0. The highest BCUT2D eigenvalue weighted by Gasteiger charge is 2.07. The number of benzene rings is 1. The summed E-state index contributed by atoms with van der Waals surface area (Å²) in [6.07, 6.45) is 18.1. The van der Waals surface area contributed by atoms with Crippen LogP contribution < -0.4 is 4.74 Å². The van der Waals surface area contributed by atoms with E-state index in [1.54, 1.807) is 11.3 Å². The van der Waals surface area contributed by atoms with Crippen LogP contribution in [0, 0.1) is 0 Å². The van der Waals surface area contributed by atoms with E-state index in [0.29, 0.717) is 0 Å². The molecule has 0 unspecified atom stereocenters. The van der Waals surface area contributed by atoms with Crippen LogP contribution in [0.4, 0.5) is 0 Å². The molecule has 0 aliphatic rings. The monoisotopic (exact) mass is 386 g/mol. The Bertz CT molecular complexity index is 575. The Labute approximate surface area is 171 Å². The molecular weight excluding hydrogens is 348 g/mol. The van der Waals surface area contributed by atoms with Gasteiger partial charge in [-0.25, -0.2) is 0 Å². The first-order chi connectivity index (χ1) is 13.4. The Balaban J connectivity index is 1.43. The minimum atomic E-state index is 0.842. The zero-order chi connectivity index (χ0) is 19.0. The Hall–Kier alpha value is -1.28. The second-order valence-corrected chi connectivity index (χ2v) is 8.49. The molecule has 0 saturated carbocycles. The molecule has 1 heterocycles. The molecule has 0 bridgehead atoms. The average molecular weight is 387 g/mol. The van der Waals surface area contributed by atoms with Gasteiger partial charge in [-0.3, -0.25) is 0 Å². The zero-order valence-corrected chi connectivity index (χ0v) is 18.1. The van der Waals surface area contributed by atoms with Crippen molar-refractivity contribution in [2.24, 2.45) is 0 Å².